The lowest BCUT2D eigenvalue weighted by molar-refractivity contribution is 0.368. The molecular formula is C10H16N2O3S. The first-order chi connectivity index (χ1) is 7.60. The van der Waals surface area contributed by atoms with Crippen molar-refractivity contribution in [2.24, 2.45) is 0 Å². The van der Waals surface area contributed by atoms with Gasteiger partial charge < -0.3 is 9.73 Å². The molecule has 1 aromatic heterocycles. The lowest BCUT2D eigenvalue weighted by atomic mass is 10.4. The minimum atomic E-state index is -3.20. The van der Waals surface area contributed by atoms with Crippen LogP contribution in [0.15, 0.2) is 22.8 Å². The molecule has 1 unspecified atom stereocenters. The molecule has 1 fully saturated rings. The molecule has 0 bridgehead atoms. The lowest BCUT2D eigenvalue weighted by Crippen LogP contribution is -2.37. The first kappa shape index (κ1) is 11.6. The average Bonchev–Trinajstić information content (AvgIpc) is 2.70. The fraction of sp³-hybridized carbons (Fsp3) is 0.600. The van der Waals surface area contributed by atoms with Crippen LogP contribution in [0, 0.1) is 0 Å². The van der Waals surface area contributed by atoms with Crippen molar-refractivity contribution in [1.82, 2.24) is 9.62 Å². The van der Waals surface area contributed by atoms with E-state index in [9.17, 15) is 8.42 Å². The van der Waals surface area contributed by atoms with Gasteiger partial charge in [-0.3, -0.25) is 0 Å². The zero-order valence-corrected chi connectivity index (χ0v) is 10.0. The van der Waals surface area contributed by atoms with E-state index in [1.807, 2.05) is 0 Å². The van der Waals surface area contributed by atoms with Crippen molar-refractivity contribution in [3.63, 3.8) is 0 Å². The van der Waals surface area contributed by atoms with Crippen LogP contribution in [-0.2, 0) is 16.6 Å². The zero-order valence-electron chi connectivity index (χ0n) is 9.22. The Balaban J connectivity index is 2.18. The predicted octanol–water partition coefficient (Wildman–Crippen LogP) is 0.403. The van der Waals surface area contributed by atoms with Gasteiger partial charge in [0.15, 0.2) is 0 Å². The lowest BCUT2D eigenvalue weighted by Gasteiger charge is -2.20. The molecule has 6 heteroatoms. The highest BCUT2D eigenvalue weighted by molar-refractivity contribution is 7.89. The Hall–Kier alpha value is -0.850. The SMILES string of the molecule is CC1CNCCN(Cc2ccco2)S1(=O)=O. The maximum absolute atomic E-state index is 12.1. The van der Waals surface area contributed by atoms with Crippen LogP contribution in [0.5, 0.6) is 0 Å². The van der Waals surface area contributed by atoms with Crippen LogP contribution >= 0.6 is 0 Å². The maximum atomic E-state index is 12.1. The van der Waals surface area contributed by atoms with Gasteiger partial charge in [-0.1, -0.05) is 0 Å². The molecule has 1 saturated heterocycles. The summed E-state index contributed by atoms with van der Waals surface area (Å²) in [4.78, 5) is 0. The van der Waals surface area contributed by atoms with E-state index in [-0.39, 0.29) is 5.25 Å². The topological polar surface area (TPSA) is 62.6 Å². The molecule has 1 aliphatic heterocycles. The summed E-state index contributed by atoms with van der Waals surface area (Å²) in [7, 11) is -3.20. The molecule has 16 heavy (non-hydrogen) atoms. The second-order valence-corrected chi connectivity index (χ2v) is 6.32. The molecular weight excluding hydrogens is 228 g/mol. The molecule has 0 saturated carbocycles. The van der Waals surface area contributed by atoms with Gasteiger partial charge in [0.2, 0.25) is 10.0 Å². The standard InChI is InChI=1S/C10H16N2O3S/c1-9-7-11-4-5-12(16(9,13)14)8-10-3-2-6-15-10/h2-3,6,9,11H,4-5,7-8H2,1H3. The van der Waals surface area contributed by atoms with Crippen molar-refractivity contribution in [3.05, 3.63) is 24.2 Å². The van der Waals surface area contributed by atoms with Crippen LogP contribution in [-0.4, -0.2) is 37.6 Å². The van der Waals surface area contributed by atoms with Gasteiger partial charge in [-0.05, 0) is 19.1 Å². The largest absolute Gasteiger partial charge is 0.468 e. The number of hydrogen-bond donors (Lipinski definition) is 1. The first-order valence-electron chi connectivity index (χ1n) is 5.33. The summed E-state index contributed by atoms with van der Waals surface area (Å²) < 4.78 is 30.9. The predicted molar refractivity (Wildman–Crippen MR) is 60.4 cm³/mol. The Bertz CT molecular complexity index is 427. The third-order valence-electron chi connectivity index (χ3n) is 2.75. The third-order valence-corrected chi connectivity index (χ3v) is 4.97. The molecule has 0 amide bonds. The summed E-state index contributed by atoms with van der Waals surface area (Å²) in [6.07, 6.45) is 1.56. The highest BCUT2D eigenvalue weighted by Gasteiger charge is 2.31. The van der Waals surface area contributed by atoms with Crippen molar-refractivity contribution in [3.8, 4) is 0 Å². The van der Waals surface area contributed by atoms with E-state index < -0.39 is 10.0 Å². The van der Waals surface area contributed by atoms with Crippen LogP contribution in [0.25, 0.3) is 0 Å². The Morgan fingerprint density at radius 3 is 3.12 bits per heavy atom. The summed E-state index contributed by atoms with van der Waals surface area (Å²) >= 11 is 0. The minimum absolute atomic E-state index is 0.321. The molecule has 1 aromatic rings. The second-order valence-electron chi connectivity index (χ2n) is 3.97. The van der Waals surface area contributed by atoms with E-state index >= 15 is 0 Å². The van der Waals surface area contributed by atoms with Crippen LogP contribution in [0.4, 0.5) is 0 Å². The molecule has 0 aromatic carbocycles. The molecule has 5 nitrogen and oxygen atoms in total. The van der Waals surface area contributed by atoms with Gasteiger partial charge in [0.25, 0.3) is 0 Å². The smallest absolute Gasteiger partial charge is 0.218 e. The Morgan fingerprint density at radius 1 is 1.62 bits per heavy atom. The summed E-state index contributed by atoms with van der Waals surface area (Å²) in [5, 5.41) is 2.73. The van der Waals surface area contributed by atoms with E-state index in [0.29, 0.717) is 31.9 Å². The highest BCUT2D eigenvalue weighted by Crippen LogP contribution is 2.15. The summed E-state index contributed by atoms with van der Waals surface area (Å²) in [6.45, 7) is 3.73. The molecule has 1 N–H and O–H groups in total. The van der Waals surface area contributed by atoms with Crippen LogP contribution in [0.1, 0.15) is 12.7 Å². The van der Waals surface area contributed by atoms with Gasteiger partial charge in [0.05, 0.1) is 18.1 Å². The number of rotatable bonds is 2. The van der Waals surface area contributed by atoms with Gasteiger partial charge in [0, 0.05) is 19.6 Å². The van der Waals surface area contributed by atoms with E-state index in [4.69, 9.17) is 4.42 Å². The molecule has 2 heterocycles. The fourth-order valence-electron chi connectivity index (χ4n) is 1.74. The van der Waals surface area contributed by atoms with Gasteiger partial charge in [-0.15, -0.1) is 0 Å². The molecule has 90 valence electrons. The summed E-state index contributed by atoms with van der Waals surface area (Å²) in [5.74, 6) is 0.678. The fourth-order valence-corrected chi connectivity index (χ4v) is 3.23. The summed E-state index contributed by atoms with van der Waals surface area (Å²) in [6, 6.07) is 3.56. The van der Waals surface area contributed by atoms with Crippen molar-refractivity contribution in [1.29, 1.82) is 0 Å². The van der Waals surface area contributed by atoms with E-state index in [0.717, 1.165) is 0 Å². The van der Waals surface area contributed by atoms with Crippen LogP contribution in [0.3, 0.4) is 0 Å². The molecule has 0 radical (unpaired) electrons. The monoisotopic (exact) mass is 244 g/mol. The quantitative estimate of drug-likeness (QED) is 0.818. The van der Waals surface area contributed by atoms with Crippen molar-refractivity contribution in [2.75, 3.05) is 19.6 Å². The van der Waals surface area contributed by atoms with Gasteiger partial charge in [-0.25, -0.2) is 8.42 Å². The highest BCUT2D eigenvalue weighted by atomic mass is 32.2. The Kier molecular flexibility index (Phi) is 3.32. The Morgan fingerprint density at radius 2 is 2.44 bits per heavy atom. The molecule has 1 aliphatic rings. The number of nitrogens with zero attached hydrogens (tertiary/aromatic N) is 1. The van der Waals surface area contributed by atoms with Gasteiger partial charge >= 0.3 is 0 Å². The number of sulfonamides is 1. The number of furan rings is 1. The number of nitrogens with one attached hydrogen (secondary N) is 1. The van der Waals surface area contributed by atoms with Crippen LogP contribution < -0.4 is 5.32 Å². The van der Waals surface area contributed by atoms with E-state index in [1.165, 1.54) is 4.31 Å². The minimum Gasteiger partial charge on any atom is -0.468 e. The van der Waals surface area contributed by atoms with E-state index in [1.54, 1.807) is 25.3 Å². The summed E-state index contributed by atoms with van der Waals surface area (Å²) in [5.41, 5.74) is 0. The van der Waals surface area contributed by atoms with Crippen molar-refractivity contribution < 1.29 is 12.8 Å². The maximum Gasteiger partial charge on any atom is 0.218 e. The molecule has 0 aliphatic carbocycles. The molecule has 1 atom stereocenters. The second kappa shape index (κ2) is 4.57. The third kappa shape index (κ3) is 2.28. The van der Waals surface area contributed by atoms with Crippen molar-refractivity contribution in [2.45, 2.75) is 18.7 Å². The van der Waals surface area contributed by atoms with Crippen LogP contribution in [0.2, 0.25) is 0 Å². The van der Waals surface area contributed by atoms with E-state index in [2.05, 4.69) is 5.32 Å². The van der Waals surface area contributed by atoms with Gasteiger partial charge in [-0.2, -0.15) is 4.31 Å². The first-order valence-corrected chi connectivity index (χ1v) is 6.83. The normalized spacial score (nSPS) is 26.4. The van der Waals surface area contributed by atoms with Gasteiger partial charge in [0.1, 0.15) is 5.76 Å². The zero-order chi connectivity index (χ0) is 11.6. The van der Waals surface area contributed by atoms with Crippen molar-refractivity contribution >= 4 is 10.0 Å². The Labute approximate surface area is 95.5 Å². The number of hydrogen-bond acceptors (Lipinski definition) is 4. The molecule has 2 rings (SSSR count). The molecule has 0 spiro atoms. The average molecular weight is 244 g/mol.